The van der Waals surface area contributed by atoms with Crippen LogP contribution in [0.5, 0.6) is 5.75 Å². The molecule has 2 aliphatic heterocycles. The number of anilines is 1. The average Bonchev–Trinajstić information content (AvgIpc) is 3.54. The van der Waals surface area contributed by atoms with Gasteiger partial charge in [0.05, 0.1) is 24.6 Å². The predicted molar refractivity (Wildman–Crippen MR) is 141 cm³/mol. The molecule has 1 N–H and O–H groups in total. The highest BCUT2D eigenvalue weighted by Gasteiger charge is 2.65. The van der Waals surface area contributed by atoms with Gasteiger partial charge in [0.25, 0.3) is 5.91 Å². The Bertz CT molecular complexity index is 1270. The number of hydrogen-bond donors (Lipinski definition) is 1. The zero-order valence-electron chi connectivity index (χ0n) is 22.2. The summed E-state index contributed by atoms with van der Waals surface area (Å²) < 4.78 is 14.2. The molecule has 1 saturated heterocycles. The predicted octanol–water partition coefficient (Wildman–Crippen LogP) is 3.71. The molecule has 0 bridgehead atoms. The molecular weight excluding hydrogens is 468 g/mol. The summed E-state index contributed by atoms with van der Waals surface area (Å²) in [7, 11) is 3.50. The van der Waals surface area contributed by atoms with E-state index in [4.69, 9.17) is 9.47 Å². The molecule has 37 heavy (non-hydrogen) atoms. The molecule has 1 fully saturated rings. The Balaban J connectivity index is 1.53. The monoisotopic (exact) mass is 504 g/mol. The zero-order chi connectivity index (χ0) is 26.4. The maximum absolute atomic E-state index is 13.9. The lowest BCUT2D eigenvalue weighted by Gasteiger charge is -2.38. The minimum absolute atomic E-state index is 0.00906. The fourth-order valence-electron chi connectivity index (χ4n) is 6.58. The summed E-state index contributed by atoms with van der Waals surface area (Å²) in [6.45, 7) is 7.30. The number of rotatable bonds is 8. The van der Waals surface area contributed by atoms with Gasteiger partial charge in [-0.1, -0.05) is 56.3 Å². The van der Waals surface area contributed by atoms with E-state index in [2.05, 4.69) is 43.2 Å². The van der Waals surface area contributed by atoms with Crippen LogP contribution in [-0.2, 0) is 33.5 Å². The Morgan fingerprint density at radius 1 is 1.16 bits per heavy atom. The number of likely N-dealkylation sites (N-methyl/N-ethyl adjacent to an activating group) is 1. The maximum Gasteiger partial charge on any atom is 0.264 e. The third kappa shape index (κ3) is 4.03. The van der Waals surface area contributed by atoms with Crippen molar-refractivity contribution < 1.29 is 19.4 Å². The SMILES string of the molecule is COc1ccc(C(C)(C)[C@H]2[C@H](CCn3cc(CCO)nn3)O[C@@]3(C(=O)N(C)c4ccccc43)[C@@H]2C)cc1. The second-order valence-corrected chi connectivity index (χ2v) is 10.8. The van der Waals surface area contributed by atoms with Gasteiger partial charge in [0.2, 0.25) is 0 Å². The smallest absolute Gasteiger partial charge is 0.264 e. The molecule has 8 heteroatoms. The number of nitrogens with zero attached hydrogens (tertiary/aromatic N) is 4. The number of benzene rings is 2. The second kappa shape index (κ2) is 9.58. The van der Waals surface area contributed by atoms with E-state index in [1.165, 1.54) is 5.56 Å². The molecule has 0 unspecified atom stereocenters. The number of carbonyl (C=O) groups excluding carboxylic acids is 1. The Morgan fingerprint density at radius 3 is 2.59 bits per heavy atom. The van der Waals surface area contributed by atoms with Crippen LogP contribution in [0.1, 0.15) is 44.0 Å². The van der Waals surface area contributed by atoms with Crippen LogP contribution in [0.25, 0.3) is 0 Å². The molecule has 3 aromatic rings. The van der Waals surface area contributed by atoms with Crippen molar-refractivity contribution in [2.45, 2.75) is 57.3 Å². The fourth-order valence-corrected chi connectivity index (χ4v) is 6.58. The minimum atomic E-state index is -1.03. The van der Waals surface area contributed by atoms with E-state index in [-0.39, 0.29) is 35.9 Å². The standard InChI is InChI=1S/C29H36N4O4/c1-19-26(28(2,3)20-10-12-22(36-5)13-11-20)25(14-16-33-18-21(15-17-34)30-31-33)37-29(19)23-8-6-7-9-24(23)32(4)27(29)35/h6-13,18-19,25-26,34H,14-17H2,1-5H3/t19-,25+,26-,29+/m1/s1. The van der Waals surface area contributed by atoms with Crippen molar-refractivity contribution >= 4 is 11.6 Å². The lowest BCUT2D eigenvalue weighted by atomic mass is 9.63. The van der Waals surface area contributed by atoms with Crippen molar-refractivity contribution in [3.63, 3.8) is 0 Å². The molecule has 196 valence electrons. The fraction of sp³-hybridized carbons (Fsp3) is 0.483. The summed E-state index contributed by atoms with van der Waals surface area (Å²) in [6, 6.07) is 16.2. The molecular formula is C29H36N4O4. The Kier molecular flexibility index (Phi) is 6.58. The van der Waals surface area contributed by atoms with Gasteiger partial charge in [-0.2, -0.15) is 0 Å². The van der Waals surface area contributed by atoms with Gasteiger partial charge in [-0.25, -0.2) is 0 Å². The largest absolute Gasteiger partial charge is 0.497 e. The van der Waals surface area contributed by atoms with Gasteiger partial charge in [-0.15, -0.1) is 5.10 Å². The van der Waals surface area contributed by atoms with Crippen molar-refractivity contribution in [3.05, 3.63) is 71.5 Å². The summed E-state index contributed by atoms with van der Waals surface area (Å²) >= 11 is 0. The summed E-state index contributed by atoms with van der Waals surface area (Å²) in [5.74, 6) is 0.777. The number of hydrogen-bond acceptors (Lipinski definition) is 6. The number of para-hydroxylation sites is 1. The van der Waals surface area contributed by atoms with Gasteiger partial charge in [0, 0.05) is 50.2 Å². The van der Waals surface area contributed by atoms with Crippen LogP contribution in [0.2, 0.25) is 0 Å². The van der Waals surface area contributed by atoms with Gasteiger partial charge in [-0.05, 0) is 35.6 Å². The quantitative estimate of drug-likeness (QED) is 0.503. The van der Waals surface area contributed by atoms with Crippen molar-refractivity contribution in [1.29, 1.82) is 0 Å². The molecule has 0 radical (unpaired) electrons. The van der Waals surface area contributed by atoms with Crippen LogP contribution < -0.4 is 9.64 Å². The first kappa shape index (κ1) is 25.4. The molecule has 2 aliphatic rings. The summed E-state index contributed by atoms with van der Waals surface area (Å²) in [6.07, 6.45) is 2.83. The maximum atomic E-state index is 13.9. The number of ether oxygens (including phenoxy) is 2. The van der Waals surface area contributed by atoms with Crippen molar-refractivity contribution in [2.75, 3.05) is 25.7 Å². The number of methoxy groups -OCH3 is 1. The highest BCUT2D eigenvalue weighted by Crippen LogP contribution is 2.59. The minimum Gasteiger partial charge on any atom is -0.497 e. The van der Waals surface area contributed by atoms with Gasteiger partial charge in [-0.3, -0.25) is 9.48 Å². The van der Waals surface area contributed by atoms with E-state index in [0.29, 0.717) is 19.4 Å². The van der Waals surface area contributed by atoms with Crippen molar-refractivity contribution in [3.8, 4) is 5.75 Å². The Labute approximate surface area is 218 Å². The highest BCUT2D eigenvalue weighted by molar-refractivity contribution is 6.07. The van der Waals surface area contributed by atoms with E-state index in [1.807, 2.05) is 49.6 Å². The lowest BCUT2D eigenvalue weighted by Crippen LogP contribution is -2.45. The molecule has 8 nitrogen and oxygen atoms in total. The van der Waals surface area contributed by atoms with Gasteiger partial charge < -0.3 is 19.5 Å². The number of aliphatic hydroxyl groups is 1. The highest BCUT2D eigenvalue weighted by atomic mass is 16.5. The number of aromatic nitrogens is 3. The van der Waals surface area contributed by atoms with Crippen LogP contribution in [0.3, 0.4) is 0 Å². The molecule has 2 aromatic carbocycles. The number of fused-ring (bicyclic) bond motifs is 2. The topological polar surface area (TPSA) is 89.7 Å². The average molecular weight is 505 g/mol. The van der Waals surface area contributed by atoms with Gasteiger partial charge >= 0.3 is 0 Å². The molecule has 1 aromatic heterocycles. The molecule has 4 atom stereocenters. The number of amides is 1. The van der Waals surface area contributed by atoms with E-state index in [0.717, 1.165) is 22.7 Å². The number of aryl methyl sites for hydroxylation is 1. The summed E-state index contributed by atoms with van der Waals surface area (Å²) in [4.78, 5) is 15.7. The van der Waals surface area contributed by atoms with Crippen LogP contribution in [0, 0.1) is 11.8 Å². The third-order valence-corrected chi connectivity index (χ3v) is 8.47. The van der Waals surface area contributed by atoms with Crippen molar-refractivity contribution in [2.24, 2.45) is 11.8 Å². The summed E-state index contributed by atoms with van der Waals surface area (Å²) in [5, 5.41) is 17.6. The summed E-state index contributed by atoms with van der Waals surface area (Å²) in [5.41, 5.74) is 2.46. The van der Waals surface area contributed by atoms with E-state index in [9.17, 15) is 9.90 Å². The first-order valence-corrected chi connectivity index (χ1v) is 12.9. The van der Waals surface area contributed by atoms with E-state index in [1.54, 1.807) is 16.7 Å². The molecule has 0 saturated carbocycles. The van der Waals surface area contributed by atoms with E-state index >= 15 is 0 Å². The molecule has 5 rings (SSSR count). The number of aliphatic hydroxyl groups excluding tert-OH is 1. The molecule has 3 heterocycles. The zero-order valence-corrected chi connectivity index (χ0v) is 22.2. The first-order valence-electron chi connectivity index (χ1n) is 12.9. The normalized spacial score (nSPS) is 25.2. The van der Waals surface area contributed by atoms with E-state index < -0.39 is 5.60 Å². The second-order valence-electron chi connectivity index (χ2n) is 10.8. The van der Waals surface area contributed by atoms with Gasteiger partial charge in [0.15, 0.2) is 5.60 Å². The van der Waals surface area contributed by atoms with Crippen LogP contribution in [0.4, 0.5) is 5.69 Å². The Morgan fingerprint density at radius 2 is 1.89 bits per heavy atom. The van der Waals surface area contributed by atoms with Crippen LogP contribution in [0.15, 0.2) is 54.7 Å². The van der Waals surface area contributed by atoms with Crippen molar-refractivity contribution in [1.82, 2.24) is 15.0 Å². The molecule has 1 spiro atoms. The number of carbonyl (C=O) groups is 1. The first-order chi connectivity index (χ1) is 17.7. The van der Waals surface area contributed by atoms with Gasteiger partial charge in [0.1, 0.15) is 5.75 Å². The Hall–Kier alpha value is -3.23. The van der Waals surface area contributed by atoms with Crippen LogP contribution in [-0.4, -0.2) is 52.9 Å². The molecule has 1 amide bonds. The van der Waals surface area contributed by atoms with Crippen LogP contribution >= 0.6 is 0 Å². The lowest BCUT2D eigenvalue weighted by molar-refractivity contribution is -0.145. The molecule has 0 aliphatic carbocycles. The third-order valence-electron chi connectivity index (χ3n) is 8.47.